The number of rotatable bonds is 3. The lowest BCUT2D eigenvalue weighted by Crippen LogP contribution is -2.57. The van der Waals surface area contributed by atoms with Gasteiger partial charge in [0.1, 0.15) is 0 Å². The van der Waals surface area contributed by atoms with Gasteiger partial charge in [0, 0.05) is 29.8 Å². The van der Waals surface area contributed by atoms with E-state index in [1.54, 1.807) is 0 Å². The van der Waals surface area contributed by atoms with Crippen LogP contribution in [0.1, 0.15) is 40.2 Å². The van der Waals surface area contributed by atoms with Crippen molar-refractivity contribution in [1.29, 1.82) is 0 Å². The minimum Gasteiger partial charge on any atom is -0.366 e. The van der Waals surface area contributed by atoms with Gasteiger partial charge in [0.05, 0.1) is 11.2 Å². The molecule has 0 aromatic heterocycles. The summed E-state index contributed by atoms with van der Waals surface area (Å²) in [6, 6.07) is 6.18. The Morgan fingerprint density at radius 2 is 1.81 bits per heavy atom. The van der Waals surface area contributed by atoms with Crippen LogP contribution in [0.3, 0.4) is 0 Å². The molecule has 1 aliphatic heterocycles. The van der Waals surface area contributed by atoms with Crippen LogP contribution in [0.4, 0.5) is 5.69 Å². The molecule has 1 aromatic rings. The van der Waals surface area contributed by atoms with Crippen molar-refractivity contribution in [2.24, 2.45) is 5.73 Å². The Hall–Kier alpha value is -0.770. The third-order valence-corrected chi connectivity index (χ3v) is 4.01. The minimum absolute atomic E-state index is 0.0886. The first kappa shape index (κ1) is 16.6. The lowest BCUT2D eigenvalue weighted by atomic mass is 9.96. The van der Waals surface area contributed by atoms with E-state index in [4.69, 9.17) is 22.1 Å². The largest absolute Gasteiger partial charge is 0.366 e. The Labute approximate surface area is 133 Å². The first-order valence-corrected chi connectivity index (χ1v) is 7.95. The van der Waals surface area contributed by atoms with Gasteiger partial charge in [0.2, 0.25) is 0 Å². The van der Waals surface area contributed by atoms with Crippen molar-refractivity contribution < 1.29 is 4.74 Å². The quantitative estimate of drug-likeness (QED) is 0.926. The molecule has 1 aromatic carbocycles. The lowest BCUT2D eigenvalue weighted by Gasteiger charge is -2.48. The van der Waals surface area contributed by atoms with Crippen molar-refractivity contribution in [2.75, 3.05) is 18.0 Å². The van der Waals surface area contributed by atoms with Crippen molar-refractivity contribution in [1.82, 2.24) is 0 Å². The normalized spacial score (nSPS) is 22.1. The van der Waals surface area contributed by atoms with Crippen molar-refractivity contribution >= 4 is 17.3 Å². The number of morpholine rings is 1. The summed E-state index contributed by atoms with van der Waals surface area (Å²) in [4.78, 5) is 2.38. The van der Waals surface area contributed by atoms with Crippen molar-refractivity contribution in [3.05, 3.63) is 28.8 Å². The summed E-state index contributed by atoms with van der Waals surface area (Å²) < 4.78 is 6.16. The number of hydrogen-bond acceptors (Lipinski definition) is 3. The molecule has 0 radical (unpaired) electrons. The Morgan fingerprint density at radius 3 is 2.33 bits per heavy atom. The number of halogens is 1. The van der Waals surface area contributed by atoms with Gasteiger partial charge in [-0.05, 0) is 58.7 Å². The van der Waals surface area contributed by atoms with Gasteiger partial charge in [-0.2, -0.15) is 0 Å². The molecule has 0 bridgehead atoms. The summed E-state index contributed by atoms with van der Waals surface area (Å²) in [6.07, 6.45) is 0.785. The molecular weight excluding hydrogens is 284 g/mol. The Kier molecular flexibility index (Phi) is 4.57. The van der Waals surface area contributed by atoms with Gasteiger partial charge in [-0.25, -0.2) is 0 Å². The van der Waals surface area contributed by atoms with Gasteiger partial charge < -0.3 is 15.4 Å². The zero-order valence-corrected chi connectivity index (χ0v) is 14.5. The molecule has 3 nitrogen and oxygen atoms in total. The van der Waals surface area contributed by atoms with Gasteiger partial charge in [0.15, 0.2) is 0 Å². The highest BCUT2D eigenvalue weighted by molar-refractivity contribution is 6.31. The van der Waals surface area contributed by atoms with Crippen LogP contribution < -0.4 is 10.6 Å². The minimum atomic E-state index is -0.185. The van der Waals surface area contributed by atoms with E-state index < -0.39 is 0 Å². The highest BCUT2D eigenvalue weighted by Crippen LogP contribution is 2.35. The highest BCUT2D eigenvalue weighted by Gasteiger charge is 2.38. The topological polar surface area (TPSA) is 38.5 Å². The van der Waals surface area contributed by atoms with Crippen LogP contribution in [0.25, 0.3) is 0 Å². The van der Waals surface area contributed by atoms with Crippen LogP contribution in [0, 0.1) is 0 Å². The first-order valence-electron chi connectivity index (χ1n) is 7.58. The molecule has 0 spiro atoms. The molecule has 4 heteroatoms. The van der Waals surface area contributed by atoms with Crippen LogP contribution >= 0.6 is 11.6 Å². The van der Waals surface area contributed by atoms with E-state index in [0.717, 1.165) is 30.1 Å². The highest BCUT2D eigenvalue weighted by atomic mass is 35.5. The second-order valence-electron chi connectivity index (χ2n) is 7.40. The Bertz CT molecular complexity index is 496. The fraction of sp³-hybridized carbons (Fsp3) is 0.647. The molecule has 1 atom stereocenters. The number of anilines is 1. The van der Waals surface area contributed by atoms with Crippen LogP contribution in [-0.2, 0) is 11.2 Å². The molecule has 0 amide bonds. The summed E-state index contributed by atoms with van der Waals surface area (Å²) in [7, 11) is 0. The SMILES string of the molecule is CC(N)Cc1c(Cl)cccc1N1CC(C)(C)OC(C)(C)C1. The molecule has 1 heterocycles. The van der Waals surface area contributed by atoms with Gasteiger partial charge in [-0.15, -0.1) is 0 Å². The molecule has 1 fully saturated rings. The van der Waals surface area contributed by atoms with Crippen LogP contribution in [-0.4, -0.2) is 30.3 Å². The monoisotopic (exact) mass is 310 g/mol. The Morgan fingerprint density at radius 1 is 1.24 bits per heavy atom. The maximum Gasteiger partial charge on any atom is 0.0808 e. The van der Waals surface area contributed by atoms with E-state index in [1.807, 2.05) is 19.1 Å². The summed E-state index contributed by atoms with van der Waals surface area (Å²) in [5, 5.41) is 0.798. The van der Waals surface area contributed by atoms with E-state index in [-0.39, 0.29) is 17.2 Å². The first-order chi connectivity index (χ1) is 9.60. The Balaban J connectivity index is 2.39. The number of nitrogens with two attached hydrogens (primary N) is 1. The van der Waals surface area contributed by atoms with Crippen molar-refractivity contribution in [2.45, 2.75) is 58.3 Å². The molecule has 0 aliphatic carbocycles. The predicted octanol–water partition coefficient (Wildman–Crippen LogP) is 3.62. The summed E-state index contributed by atoms with van der Waals surface area (Å²) in [5.41, 5.74) is 7.95. The average molecular weight is 311 g/mol. The standard InChI is InChI=1S/C17H27ClN2O/c1-12(19)9-13-14(18)7-6-8-15(13)20-10-16(2,3)21-17(4,5)11-20/h6-8,12H,9-11,19H2,1-5H3. The maximum atomic E-state index is 6.42. The molecule has 1 saturated heterocycles. The smallest absolute Gasteiger partial charge is 0.0808 e. The van der Waals surface area contributed by atoms with Gasteiger partial charge in [-0.1, -0.05) is 17.7 Å². The number of benzene rings is 1. The fourth-order valence-electron chi connectivity index (χ4n) is 3.33. The van der Waals surface area contributed by atoms with Crippen LogP contribution in [0.2, 0.25) is 5.02 Å². The van der Waals surface area contributed by atoms with E-state index in [1.165, 1.54) is 5.69 Å². The summed E-state index contributed by atoms with van der Waals surface area (Å²) >= 11 is 6.42. The summed E-state index contributed by atoms with van der Waals surface area (Å²) in [6.45, 7) is 12.3. The fourth-order valence-corrected chi connectivity index (χ4v) is 3.57. The van der Waals surface area contributed by atoms with E-state index in [2.05, 4.69) is 38.7 Å². The second-order valence-corrected chi connectivity index (χ2v) is 7.80. The van der Waals surface area contributed by atoms with Crippen molar-refractivity contribution in [3.8, 4) is 0 Å². The maximum absolute atomic E-state index is 6.42. The predicted molar refractivity (Wildman–Crippen MR) is 90.3 cm³/mol. The number of ether oxygens (including phenoxy) is 1. The molecule has 118 valence electrons. The molecule has 2 N–H and O–H groups in total. The van der Waals surface area contributed by atoms with E-state index in [0.29, 0.717) is 0 Å². The molecule has 1 unspecified atom stereocenters. The van der Waals surface area contributed by atoms with Gasteiger partial charge >= 0.3 is 0 Å². The second kappa shape index (κ2) is 5.79. The summed E-state index contributed by atoms with van der Waals surface area (Å²) in [5.74, 6) is 0. The molecule has 2 rings (SSSR count). The van der Waals surface area contributed by atoms with E-state index >= 15 is 0 Å². The zero-order valence-electron chi connectivity index (χ0n) is 13.7. The molecule has 1 aliphatic rings. The van der Waals surface area contributed by atoms with E-state index in [9.17, 15) is 0 Å². The molecule has 21 heavy (non-hydrogen) atoms. The average Bonchev–Trinajstić information content (AvgIpc) is 2.27. The van der Waals surface area contributed by atoms with Gasteiger partial charge in [0.25, 0.3) is 0 Å². The molecular formula is C17H27ClN2O. The third-order valence-electron chi connectivity index (χ3n) is 3.66. The van der Waals surface area contributed by atoms with Crippen LogP contribution in [0.5, 0.6) is 0 Å². The van der Waals surface area contributed by atoms with Crippen LogP contribution in [0.15, 0.2) is 18.2 Å². The number of hydrogen-bond donors (Lipinski definition) is 1. The lowest BCUT2D eigenvalue weighted by molar-refractivity contribution is -0.133. The zero-order chi connectivity index (χ0) is 15.8. The molecule has 0 saturated carbocycles. The van der Waals surface area contributed by atoms with Gasteiger partial charge in [-0.3, -0.25) is 0 Å². The van der Waals surface area contributed by atoms with Crippen molar-refractivity contribution in [3.63, 3.8) is 0 Å². The number of nitrogens with zero attached hydrogens (tertiary/aromatic N) is 1. The third kappa shape index (κ3) is 4.12.